The number of piperidine rings is 1. The molecule has 0 N–H and O–H groups in total. The summed E-state index contributed by atoms with van der Waals surface area (Å²) in [6, 6.07) is 13.8. The minimum Gasteiger partial charge on any atom is -0.330 e. The van der Waals surface area contributed by atoms with Crippen LogP contribution in [0.1, 0.15) is 46.9 Å². The molecule has 28 heavy (non-hydrogen) atoms. The van der Waals surface area contributed by atoms with E-state index < -0.39 is 0 Å². The van der Waals surface area contributed by atoms with Crippen molar-refractivity contribution in [2.24, 2.45) is 0 Å². The lowest BCUT2D eigenvalue weighted by Crippen LogP contribution is -2.38. The highest BCUT2D eigenvalue weighted by molar-refractivity contribution is 6.31. The zero-order valence-corrected chi connectivity index (χ0v) is 16.0. The molecule has 2 heterocycles. The fraction of sp³-hybridized carbons (Fsp3) is 0.286. The number of carbonyl (C=O) groups excluding carboxylic acids is 1. The van der Waals surface area contributed by atoms with Crippen molar-refractivity contribution in [3.05, 3.63) is 82.4 Å². The number of hydrogen-bond acceptors (Lipinski definition) is 3. The summed E-state index contributed by atoms with van der Waals surface area (Å²) in [5.74, 6) is -0.472. The zero-order chi connectivity index (χ0) is 19.5. The third-order valence-corrected chi connectivity index (χ3v) is 5.41. The quantitative estimate of drug-likeness (QED) is 0.650. The van der Waals surface area contributed by atoms with E-state index in [1.54, 1.807) is 21.8 Å². The summed E-state index contributed by atoms with van der Waals surface area (Å²) >= 11 is 6.20. The summed E-state index contributed by atoms with van der Waals surface area (Å²) in [6.07, 6.45) is 4.38. The Hall–Kier alpha value is -2.73. The molecule has 1 saturated heterocycles. The monoisotopic (exact) mass is 398 g/mol. The van der Waals surface area contributed by atoms with Crippen LogP contribution in [-0.4, -0.2) is 32.3 Å². The fourth-order valence-corrected chi connectivity index (χ4v) is 3.85. The lowest BCUT2D eigenvalue weighted by atomic mass is 9.95. The predicted octanol–water partition coefficient (Wildman–Crippen LogP) is 4.49. The van der Waals surface area contributed by atoms with E-state index in [4.69, 9.17) is 11.6 Å². The van der Waals surface area contributed by atoms with Gasteiger partial charge in [0.2, 0.25) is 0 Å². The summed E-state index contributed by atoms with van der Waals surface area (Å²) in [7, 11) is 0. The van der Waals surface area contributed by atoms with Crippen LogP contribution in [0.2, 0.25) is 5.02 Å². The van der Waals surface area contributed by atoms with Crippen LogP contribution in [-0.2, 0) is 6.54 Å². The first kappa shape index (κ1) is 18.6. The highest BCUT2D eigenvalue weighted by atomic mass is 35.5. The van der Waals surface area contributed by atoms with Gasteiger partial charge in [-0.05, 0) is 48.6 Å². The third-order valence-electron chi connectivity index (χ3n) is 5.05. The second kappa shape index (κ2) is 8.10. The Bertz CT molecular complexity index is 990. The molecule has 0 bridgehead atoms. The summed E-state index contributed by atoms with van der Waals surface area (Å²) in [5.41, 5.74) is 2.01. The first-order chi connectivity index (χ1) is 13.6. The molecule has 1 fully saturated rings. The topological polar surface area (TPSA) is 51.0 Å². The van der Waals surface area contributed by atoms with Crippen molar-refractivity contribution in [2.75, 3.05) is 6.54 Å². The van der Waals surface area contributed by atoms with E-state index in [0.717, 1.165) is 30.4 Å². The summed E-state index contributed by atoms with van der Waals surface area (Å²) in [6.45, 7) is 1.06. The van der Waals surface area contributed by atoms with E-state index in [0.29, 0.717) is 18.1 Å². The maximum atomic E-state index is 13.7. The maximum Gasteiger partial charge on any atom is 0.276 e. The second-order valence-corrected chi connectivity index (χ2v) is 7.37. The molecule has 3 aromatic rings. The van der Waals surface area contributed by atoms with Crippen LogP contribution in [0.15, 0.2) is 54.7 Å². The van der Waals surface area contributed by atoms with Crippen LogP contribution < -0.4 is 0 Å². The van der Waals surface area contributed by atoms with Gasteiger partial charge in [0.1, 0.15) is 5.82 Å². The van der Waals surface area contributed by atoms with E-state index in [1.165, 1.54) is 12.1 Å². The number of amides is 1. The molecule has 0 radical (unpaired) electrons. The Morgan fingerprint density at radius 2 is 2.04 bits per heavy atom. The van der Waals surface area contributed by atoms with Gasteiger partial charge in [0.25, 0.3) is 5.91 Å². The molecule has 1 amide bonds. The summed E-state index contributed by atoms with van der Waals surface area (Å²) < 4.78 is 15.3. The molecular formula is C21H20ClFN4O. The van der Waals surface area contributed by atoms with Crippen molar-refractivity contribution in [1.82, 2.24) is 19.9 Å². The molecule has 7 heteroatoms. The van der Waals surface area contributed by atoms with Gasteiger partial charge in [-0.1, -0.05) is 47.1 Å². The van der Waals surface area contributed by atoms with Gasteiger partial charge in [0.15, 0.2) is 5.69 Å². The molecule has 1 aromatic heterocycles. The van der Waals surface area contributed by atoms with E-state index in [1.807, 2.05) is 30.3 Å². The van der Waals surface area contributed by atoms with Crippen molar-refractivity contribution in [1.29, 1.82) is 0 Å². The molecule has 1 unspecified atom stereocenters. The number of nitrogens with zero attached hydrogens (tertiary/aromatic N) is 4. The van der Waals surface area contributed by atoms with Crippen molar-refractivity contribution in [3.8, 4) is 0 Å². The fourth-order valence-electron chi connectivity index (χ4n) is 3.66. The zero-order valence-electron chi connectivity index (χ0n) is 15.3. The van der Waals surface area contributed by atoms with Gasteiger partial charge in [0, 0.05) is 11.6 Å². The Labute approximate surface area is 167 Å². The Morgan fingerprint density at radius 1 is 1.18 bits per heavy atom. The minimum atomic E-state index is -0.291. The highest BCUT2D eigenvalue weighted by Gasteiger charge is 2.30. The van der Waals surface area contributed by atoms with E-state index in [-0.39, 0.29) is 23.5 Å². The highest BCUT2D eigenvalue weighted by Crippen LogP contribution is 2.32. The van der Waals surface area contributed by atoms with Gasteiger partial charge in [-0.25, -0.2) is 9.07 Å². The van der Waals surface area contributed by atoms with Crippen molar-refractivity contribution in [3.63, 3.8) is 0 Å². The lowest BCUT2D eigenvalue weighted by Gasteiger charge is -2.35. The van der Waals surface area contributed by atoms with E-state index in [9.17, 15) is 9.18 Å². The smallest absolute Gasteiger partial charge is 0.276 e. The number of halogens is 2. The van der Waals surface area contributed by atoms with Gasteiger partial charge in [-0.15, -0.1) is 5.10 Å². The summed E-state index contributed by atoms with van der Waals surface area (Å²) in [5, 5.41) is 8.79. The predicted molar refractivity (Wildman–Crippen MR) is 105 cm³/mol. The number of aromatic nitrogens is 3. The summed E-state index contributed by atoms with van der Waals surface area (Å²) in [4.78, 5) is 14.9. The first-order valence-corrected chi connectivity index (χ1v) is 9.69. The van der Waals surface area contributed by atoms with Crippen LogP contribution in [0.5, 0.6) is 0 Å². The Morgan fingerprint density at radius 3 is 2.86 bits per heavy atom. The Balaban J connectivity index is 1.54. The van der Waals surface area contributed by atoms with Gasteiger partial charge in [0.05, 0.1) is 18.8 Å². The van der Waals surface area contributed by atoms with Crippen LogP contribution in [0.3, 0.4) is 0 Å². The maximum absolute atomic E-state index is 13.7. The van der Waals surface area contributed by atoms with Gasteiger partial charge in [-0.2, -0.15) is 0 Å². The largest absolute Gasteiger partial charge is 0.330 e. The van der Waals surface area contributed by atoms with Gasteiger partial charge >= 0.3 is 0 Å². The molecule has 0 saturated carbocycles. The average molecular weight is 399 g/mol. The van der Waals surface area contributed by atoms with Crippen LogP contribution in [0, 0.1) is 5.82 Å². The average Bonchev–Trinajstić information content (AvgIpc) is 3.18. The molecule has 2 aromatic carbocycles. The molecule has 0 spiro atoms. The second-order valence-electron chi connectivity index (χ2n) is 6.96. The number of carbonyl (C=O) groups is 1. The first-order valence-electron chi connectivity index (χ1n) is 9.32. The Kier molecular flexibility index (Phi) is 5.39. The van der Waals surface area contributed by atoms with Crippen molar-refractivity contribution in [2.45, 2.75) is 31.8 Å². The molecule has 5 nitrogen and oxygen atoms in total. The number of rotatable bonds is 4. The van der Waals surface area contributed by atoms with Crippen LogP contribution in [0.25, 0.3) is 0 Å². The van der Waals surface area contributed by atoms with Gasteiger partial charge < -0.3 is 4.90 Å². The molecular weight excluding hydrogens is 379 g/mol. The minimum absolute atomic E-state index is 0.148. The normalized spacial score (nSPS) is 16.9. The molecule has 1 aliphatic rings. The third kappa shape index (κ3) is 3.92. The lowest BCUT2D eigenvalue weighted by molar-refractivity contribution is 0.0605. The van der Waals surface area contributed by atoms with Crippen molar-refractivity contribution >= 4 is 17.5 Å². The standard InChI is InChI=1S/C21H20ClFN4O/c22-18-9-2-1-6-16(18)13-26-14-19(24-25-26)21(28)27-11-4-3-10-20(27)15-7-5-8-17(23)12-15/h1-2,5-9,12,14,20H,3-4,10-11,13H2. The molecule has 4 rings (SSSR count). The van der Waals surface area contributed by atoms with E-state index >= 15 is 0 Å². The number of likely N-dealkylation sites (tertiary alicyclic amines) is 1. The van der Waals surface area contributed by atoms with Crippen molar-refractivity contribution < 1.29 is 9.18 Å². The molecule has 0 aliphatic carbocycles. The molecule has 1 atom stereocenters. The van der Waals surface area contributed by atoms with E-state index in [2.05, 4.69) is 10.3 Å². The van der Waals surface area contributed by atoms with Crippen LogP contribution in [0.4, 0.5) is 4.39 Å². The SMILES string of the molecule is O=C(c1cn(Cc2ccccc2Cl)nn1)N1CCCCC1c1cccc(F)c1. The van der Waals surface area contributed by atoms with Crippen LogP contribution >= 0.6 is 11.6 Å². The number of hydrogen-bond donors (Lipinski definition) is 0. The molecule has 1 aliphatic heterocycles. The van der Waals surface area contributed by atoms with Gasteiger partial charge in [-0.3, -0.25) is 4.79 Å². The molecule has 144 valence electrons. The number of benzene rings is 2.